The molecule has 1 N–H and O–H groups in total. The number of esters is 1. The van der Waals surface area contributed by atoms with Crippen LogP contribution < -0.4 is 0 Å². The minimum absolute atomic E-state index is 0.200. The van der Waals surface area contributed by atoms with Crippen LogP contribution in [0.5, 0.6) is 0 Å². The standard InChI is InChI=1S/C26H21FN2O3/c1-32-26(31)18-6-4-5-17(15-18)25(30)29-14-13-21-20-7-2-3-8-22(20)28-23(21)24(29)16-9-11-19(27)12-10-16/h2-12,15,24,28H,13-14H2,1H3/t24-/m1/s1. The van der Waals surface area contributed by atoms with E-state index >= 15 is 0 Å². The Hall–Kier alpha value is -3.93. The van der Waals surface area contributed by atoms with Crippen molar-refractivity contribution in [1.29, 1.82) is 0 Å². The highest BCUT2D eigenvalue weighted by molar-refractivity contribution is 5.98. The van der Waals surface area contributed by atoms with Crippen LogP contribution in [0.15, 0.2) is 72.8 Å². The van der Waals surface area contributed by atoms with Gasteiger partial charge < -0.3 is 14.6 Å². The molecule has 0 aliphatic carbocycles. The lowest BCUT2D eigenvalue weighted by Gasteiger charge is -2.36. The minimum atomic E-state index is -0.494. The van der Waals surface area contributed by atoms with Crippen LogP contribution >= 0.6 is 0 Å². The zero-order valence-corrected chi connectivity index (χ0v) is 17.5. The number of aromatic nitrogens is 1. The third-order valence-corrected chi connectivity index (χ3v) is 6.01. The minimum Gasteiger partial charge on any atom is -0.465 e. The lowest BCUT2D eigenvalue weighted by atomic mass is 9.91. The van der Waals surface area contributed by atoms with E-state index in [0.717, 1.165) is 22.2 Å². The van der Waals surface area contributed by atoms with Gasteiger partial charge in [0.1, 0.15) is 5.82 Å². The summed E-state index contributed by atoms with van der Waals surface area (Å²) in [4.78, 5) is 30.9. The summed E-state index contributed by atoms with van der Waals surface area (Å²) < 4.78 is 18.5. The van der Waals surface area contributed by atoms with E-state index in [2.05, 4.69) is 11.1 Å². The molecule has 1 atom stereocenters. The molecular formula is C26H21FN2O3. The summed E-state index contributed by atoms with van der Waals surface area (Å²) in [5, 5.41) is 1.13. The molecule has 5 nitrogen and oxygen atoms in total. The number of H-pyrrole nitrogens is 1. The summed E-state index contributed by atoms with van der Waals surface area (Å²) in [6.45, 7) is 0.498. The maximum Gasteiger partial charge on any atom is 0.337 e. The highest BCUT2D eigenvalue weighted by atomic mass is 19.1. The van der Waals surface area contributed by atoms with Gasteiger partial charge in [0.25, 0.3) is 5.91 Å². The van der Waals surface area contributed by atoms with Crippen molar-refractivity contribution in [3.05, 3.63) is 107 Å². The molecule has 1 aliphatic heterocycles. The van der Waals surface area contributed by atoms with E-state index in [1.54, 1.807) is 41.3 Å². The summed E-state index contributed by atoms with van der Waals surface area (Å²) in [5.74, 6) is -1.02. The molecule has 1 aromatic heterocycles. The SMILES string of the molecule is COC(=O)c1cccc(C(=O)N2CCc3c([nH]c4ccccc34)[C@H]2c2ccc(F)cc2)c1. The summed E-state index contributed by atoms with van der Waals surface area (Å²) in [7, 11) is 1.31. The zero-order valence-electron chi connectivity index (χ0n) is 17.5. The lowest BCUT2D eigenvalue weighted by Crippen LogP contribution is -2.40. The molecule has 5 rings (SSSR count). The number of hydrogen-bond donors (Lipinski definition) is 1. The average molecular weight is 428 g/mol. The van der Waals surface area contributed by atoms with E-state index in [1.807, 2.05) is 18.2 Å². The molecule has 0 spiro atoms. The lowest BCUT2D eigenvalue weighted by molar-refractivity contribution is 0.0600. The molecular weight excluding hydrogens is 407 g/mol. The van der Waals surface area contributed by atoms with Crippen LogP contribution in [-0.4, -0.2) is 35.4 Å². The number of aromatic amines is 1. The fourth-order valence-electron chi connectivity index (χ4n) is 4.51. The fraction of sp³-hybridized carbons (Fsp3) is 0.154. The first kappa shape index (κ1) is 20.0. The van der Waals surface area contributed by atoms with Gasteiger partial charge in [-0.25, -0.2) is 9.18 Å². The van der Waals surface area contributed by atoms with Gasteiger partial charge in [-0.1, -0.05) is 36.4 Å². The first-order chi connectivity index (χ1) is 15.6. The largest absolute Gasteiger partial charge is 0.465 e. The molecule has 0 fully saturated rings. The van der Waals surface area contributed by atoms with Crippen molar-refractivity contribution in [3.63, 3.8) is 0 Å². The third kappa shape index (κ3) is 3.34. The normalized spacial score (nSPS) is 15.4. The Labute approximate surface area is 184 Å². The van der Waals surface area contributed by atoms with Crippen molar-refractivity contribution in [2.75, 3.05) is 13.7 Å². The second kappa shape index (κ2) is 7.96. The second-order valence-electron chi connectivity index (χ2n) is 7.84. The molecule has 32 heavy (non-hydrogen) atoms. The van der Waals surface area contributed by atoms with Crippen molar-refractivity contribution >= 4 is 22.8 Å². The Bertz CT molecular complexity index is 1330. The molecule has 2 heterocycles. The molecule has 6 heteroatoms. The van der Waals surface area contributed by atoms with Gasteiger partial charge in [0.2, 0.25) is 0 Å². The number of para-hydroxylation sites is 1. The molecule has 1 amide bonds. The number of nitrogens with zero attached hydrogens (tertiary/aromatic N) is 1. The van der Waals surface area contributed by atoms with Crippen LogP contribution in [0.1, 0.15) is 43.6 Å². The number of fused-ring (bicyclic) bond motifs is 3. The number of hydrogen-bond acceptors (Lipinski definition) is 3. The van der Waals surface area contributed by atoms with Gasteiger partial charge >= 0.3 is 5.97 Å². The van der Waals surface area contributed by atoms with Gasteiger partial charge in [0, 0.05) is 28.7 Å². The van der Waals surface area contributed by atoms with Crippen molar-refractivity contribution < 1.29 is 18.7 Å². The molecule has 0 saturated carbocycles. The summed E-state index contributed by atoms with van der Waals surface area (Å²) in [5.41, 5.74) is 4.64. The van der Waals surface area contributed by atoms with E-state index in [4.69, 9.17) is 4.74 Å². The van der Waals surface area contributed by atoms with E-state index < -0.39 is 12.0 Å². The van der Waals surface area contributed by atoms with Gasteiger partial charge in [-0.3, -0.25) is 4.79 Å². The van der Waals surface area contributed by atoms with Gasteiger partial charge in [0.15, 0.2) is 0 Å². The highest BCUT2D eigenvalue weighted by Crippen LogP contribution is 2.39. The number of methoxy groups -OCH3 is 1. The maximum absolute atomic E-state index is 13.7. The van der Waals surface area contributed by atoms with Crippen LogP contribution in [0.4, 0.5) is 4.39 Å². The van der Waals surface area contributed by atoms with Crippen LogP contribution in [0.3, 0.4) is 0 Å². The second-order valence-corrected chi connectivity index (χ2v) is 7.84. The number of nitrogens with one attached hydrogen (secondary N) is 1. The number of benzene rings is 3. The molecule has 1 aliphatic rings. The Morgan fingerprint density at radius 3 is 2.53 bits per heavy atom. The maximum atomic E-state index is 13.7. The Balaban J connectivity index is 1.62. The molecule has 0 radical (unpaired) electrons. The van der Waals surface area contributed by atoms with Gasteiger partial charge in [-0.15, -0.1) is 0 Å². The number of carbonyl (C=O) groups is 2. The predicted octanol–water partition coefficient (Wildman–Crippen LogP) is 4.88. The van der Waals surface area contributed by atoms with Crippen LogP contribution in [0, 0.1) is 5.82 Å². The molecule has 4 aromatic rings. The van der Waals surface area contributed by atoms with Crippen LogP contribution in [0.2, 0.25) is 0 Å². The molecule has 0 bridgehead atoms. The van der Waals surface area contributed by atoms with Gasteiger partial charge in [-0.2, -0.15) is 0 Å². The van der Waals surface area contributed by atoms with E-state index in [9.17, 15) is 14.0 Å². The Morgan fingerprint density at radius 2 is 1.75 bits per heavy atom. The number of halogens is 1. The summed E-state index contributed by atoms with van der Waals surface area (Å²) in [6.07, 6.45) is 0.694. The van der Waals surface area contributed by atoms with E-state index in [1.165, 1.54) is 24.8 Å². The van der Waals surface area contributed by atoms with Gasteiger partial charge in [0.05, 0.1) is 18.7 Å². The monoisotopic (exact) mass is 428 g/mol. The van der Waals surface area contributed by atoms with Crippen LogP contribution in [0.25, 0.3) is 10.9 Å². The van der Waals surface area contributed by atoms with Crippen molar-refractivity contribution in [1.82, 2.24) is 9.88 Å². The smallest absolute Gasteiger partial charge is 0.337 e. The van der Waals surface area contributed by atoms with E-state index in [0.29, 0.717) is 24.1 Å². The number of rotatable bonds is 3. The summed E-state index contributed by atoms with van der Waals surface area (Å²) >= 11 is 0. The predicted molar refractivity (Wildman–Crippen MR) is 119 cm³/mol. The van der Waals surface area contributed by atoms with Crippen molar-refractivity contribution in [2.24, 2.45) is 0 Å². The first-order valence-electron chi connectivity index (χ1n) is 10.4. The topological polar surface area (TPSA) is 62.4 Å². The van der Waals surface area contributed by atoms with Crippen molar-refractivity contribution in [3.8, 4) is 0 Å². The quantitative estimate of drug-likeness (QED) is 0.473. The van der Waals surface area contributed by atoms with E-state index in [-0.39, 0.29) is 11.7 Å². The third-order valence-electron chi connectivity index (χ3n) is 6.01. The highest BCUT2D eigenvalue weighted by Gasteiger charge is 2.35. The Morgan fingerprint density at radius 1 is 1.00 bits per heavy atom. The van der Waals surface area contributed by atoms with Crippen molar-refractivity contribution in [2.45, 2.75) is 12.5 Å². The van der Waals surface area contributed by atoms with Gasteiger partial charge in [-0.05, 0) is 53.9 Å². The molecule has 160 valence electrons. The molecule has 3 aromatic carbocycles. The average Bonchev–Trinajstić information content (AvgIpc) is 3.22. The summed E-state index contributed by atoms with van der Waals surface area (Å²) in [6, 6.07) is 20.4. The Kier molecular flexibility index (Phi) is 4.98. The number of amides is 1. The number of ether oxygens (including phenoxy) is 1. The molecule has 0 unspecified atom stereocenters. The fourth-order valence-corrected chi connectivity index (χ4v) is 4.51. The van der Waals surface area contributed by atoms with Crippen LogP contribution in [-0.2, 0) is 11.2 Å². The zero-order chi connectivity index (χ0) is 22.2. The number of carbonyl (C=O) groups excluding carboxylic acids is 2. The molecule has 0 saturated heterocycles. The first-order valence-corrected chi connectivity index (χ1v) is 10.4.